The fourth-order valence-electron chi connectivity index (χ4n) is 1.57. The van der Waals surface area contributed by atoms with E-state index in [0.717, 1.165) is 12.0 Å². The van der Waals surface area contributed by atoms with E-state index >= 15 is 0 Å². The van der Waals surface area contributed by atoms with Gasteiger partial charge in [-0.15, -0.1) is 0 Å². The van der Waals surface area contributed by atoms with Crippen LogP contribution in [0.5, 0.6) is 0 Å². The van der Waals surface area contributed by atoms with Crippen LogP contribution < -0.4 is 10.6 Å². The lowest BCUT2D eigenvalue weighted by molar-refractivity contribution is -0.120. The van der Waals surface area contributed by atoms with E-state index in [2.05, 4.69) is 10.6 Å². The van der Waals surface area contributed by atoms with Gasteiger partial charge in [-0.25, -0.2) is 0 Å². The number of aryl methyl sites for hydroxylation is 1. The number of carbonyl (C=O) groups is 2. The summed E-state index contributed by atoms with van der Waals surface area (Å²) in [5, 5.41) is 5.33. The molecular weight excluding hydrogens is 240 g/mol. The predicted octanol–water partition coefficient (Wildman–Crippen LogP) is 1.81. The van der Waals surface area contributed by atoms with E-state index in [4.69, 9.17) is 0 Å². The van der Waals surface area contributed by atoms with E-state index in [1.54, 1.807) is 12.1 Å². The SMILES string of the molecule is C/C=C/CCNC(=O)CNC(=O)c1cccc(C)c1. The second-order valence-electron chi connectivity index (χ2n) is 4.26. The van der Waals surface area contributed by atoms with Gasteiger partial charge >= 0.3 is 0 Å². The second-order valence-corrected chi connectivity index (χ2v) is 4.26. The molecule has 0 spiro atoms. The molecule has 0 unspecified atom stereocenters. The van der Waals surface area contributed by atoms with Crippen molar-refractivity contribution in [1.29, 1.82) is 0 Å². The minimum absolute atomic E-state index is 0.00259. The van der Waals surface area contributed by atoms with Gasteiger partial charge in [-0.1, -0.05) is 29.8 Å². The van der Waals surface area contributed by atoms with Crippen molar-refractivity contribution >= 4 is 11.8 Å². The number of hydrogen-bond acceptors (Lipinski definition) is 2. The normalized spacial score (nSPS) is 10.4. The van der Waals surface area contributed by atoms with Crippen LogP contribution >= 0.6 is 0 Å². The molecule has 1 aromatic carbocycles. The number of amides is 2. The Hall–Kier alpha value is -2.10. The van der Waals surface area contributed by atoms with Crippen molar-refractivity contribution in [2.45, 2.75) is 20.3 Å². The van der Waals surface area contributed by atoms with Crippen LogP contribution in [-0.4, -0.2) is 24.9 Å². The summed E-state index contributed by atoms with van der Waals surface area (Å²) < 4.78 is 0. The molecule has 2 N–H and O–H groups in total. The minimum atomic E-state index is -0.229. The van der Waals surface area contributed by atoms with E-state index in [-0.39, 0.29) is 18.4 Å². The van der Waals surface area contributed by atoms with Crippen LogP contribution in [0.4, 0.5) is 0 Å². The van der Waals surface area contributed by atoms with Crippen molar-refractivity contribution in [1.82, 2.24) is 10.6 Å². The maximum Gasteiger partial charge on any atom is 0.251 e. The molecule has 0 fully saturated rings. The molecular formula is C15H20N2O2. The van der Waals surface area contributed by atoms with Gasteiger partial charge in [0.05, 0.1) is 6.54 Å². The van der Waals surface area contributed by atoms with Gasteiger partial charge in [-0.05, 0) is 32.4 Å². The highest BCUT2D eigenvalue weighted by atomic mass is 16.2. The Morgan fingerprint density at radius 2 is 2.05 bits per heavy atom. The first-order valence-corrected chi connectivity index (χ1v) is 6.36. The minimum Gasteiger partial charge on any atom is -0.354 e. The van der Waals surface area contributed by atoms with Gasteiger partial charge in [0, 0.05) is 12.1 Å². The fourth-order valence-corrected chi connectivity index (χ4v) is 1.57. The van der Waals surface area contributed by atoms with Crippen LogP contribution in [-0.2, 0) is 4.79 Å². The maximum atomic E-state index is 11.8. The summed E-state index contributed by atoms with van der Waals surface area (Å²) in [4.78, 5) is 23.2. The third-order valence-corrected chi connectivity index (χ3v) is 2.56. The summed E-state index contributed by atoms with van der Waals surface area (Å²) in [6, 6.07) is 7.26. The molecule has 0 bridgehead atoms. The summed E-state index contributed by atoms with van der Waals surface area (Å²) in [5.41, 5.74) is 1.59. The van der Waals surface area contributed by atoms with Crippen molar-refractivity contribution in [2.75, 3.05) is 13.1 Å². The highest BCUT2D eigenvalue weighted by Gasteiger charge is 2.07. The zero-order valence-corrected chi connectivity index (χ0v) is 11.4. The van der Waals surface area contributed by atoms with Gasteiger partial charge in [0.15, 0.2) is 0 Å². The van der Waals surface area contributed by atoms with Crippen molar-refractivity contribution in [2.24, 2.45) is 0 Å². The van der Waals surface area contributed by atoms with Gasteiger partial charge in [-0.2, -0.15) is 0 Å². The number of nitrogens with one attached hydrogen (secondary N) is 2. The van der Waals surface area contributed by atoms with Crippen LogP contribution in [0.3, 0.4) is 0 Å². The van der Waals surface area contributed by atoms with Gasteiger partial charge in [0.2, 0.25) is 5.91 Å². The lowest BCUT2D eigenvalue weighted by Crippen LogP contribution is -2.37. The predicted molar refractivity (Wildman–Crippen MR) is 76.0 cm³/mol. The molecule has 1 aromatic rings. The van der Waals surface area contributed by atoms with E-state index in [9.17, 15) is 9.59 Å². The number of benzene rings is 1. The Labute approximate surface area is 113 Å². The molecule has 0 saturated heterocycles. The summed E-state index contributed by atoms with van der Waals surface area (Å²) in [6.07, 6.45) is 4.71. The molecule has 0 aliphatic carbocycles. The second kappa shape index (κ2) is 8.08. The highest BCUT2D eigenvalue weighted by Crippen LogP contribution is 2.03. The molecule has 0 radical (unpaired) electrons. The number of carbonyl (C=O) groups excluding carboxylic acids is 2. The molecule has 102 valence electrons. The van der Waals surface area contributed by atoms with Gasteiger partial charge in [-0.3, -0.25) is 9.59 Å². The molecule has 1 rings (SSSR count). The fraction of sp³-hybridized carbons (Fsp3) is 0.333. The molecule has 0 aromatic heterocycles. The molecule has 19 heavy (non-hydrogen) atoms. The van der Waals surface area contributed by atoms with Crippen molar-refractivity contribution < 1.29 is 9.59 Å². The third kappa shape index (κ3) is 5.86. The maximum absolute atomic E-state index is 11.8. The Morgan fingerprint density at radius 3 is 2.74 bits per heavy atom. The first-order valence-electron chi connectivity index (χ1n) is 6.36. The lowest BCUT2D eigenvalue weighted by Gasteiger charge is -2.06. The Morgan fingerprint density at radius 1 is 1.26 bits per heavy atom. The molecule has 0 aliphatic rings. The molecule has 0 heterocycles. The number of allylic oxidation sites excluding steroid dienone is 1. The number of hydrogen-bond donors (Lipinski definition) is 2. The summed E-state index contributed by atoms with van der Waals surface area (Å²) >= 11 is 0. The summed E-state index contributed by atoms with van der Waals surface area (Å²) in [7, 11) is 0. The Kier molecular flexibility index (Phi) is 6.36. The first-order chi connectivity index (χ1) is 9.13. The smallest absolute Gasteiger partial charge is 0.251 e. The average molecular weight is 260 g/mol. The first kappa shape index (κ1) is 15.0. The topological polar surface area (TPSA) is 58.2 Å². The zero-order valence-electron chi connectivity index (χ0n) is 11.4. The molecule has 0 atom stereocenters. The quantitative estimate of drug-likeness (QED) is 0.605. The Bertz CT molecular complexity index is 467. The van der Waals surface area contributed by atoms with Crippen LogP contribution in [0, 0.1) is 6.92 Å². The monoisotopic (exact) mass is 260 g/mol. The molecule has 2 amide bonds. The zero-order chi connectivity index (χ0) is 14.1. The van der Waals surface area contributed by atoms with Crippen molar-refractivity contribution in [3.05, 3.63) is 47.5 Å². The van der Waals surface area contributed by atoms with E-state index < -0.39 is 0 Å². The molecule has 0 saturated carbocycles. The van der Waals surface area contributed by atoms with Crippen LogP contribution in [0.25, 0.3) is 0 Å². The Balaban J connectivity index is 2.32. The van der Waals surface area contributed by atoms with Gasteiger partial charge in [0.1, 0.15) is 0 Å². The van der Waals surface area contributed by atoms with E-state index in [1.807, 2.05) is 38.1 Å². The largest absolute Gasteiger partial charge is 0.354 e. The van der Waals surface area contributed by atoms with Crippen molar-refractivity contribution in [3.8, 4) is 0 Å². The lowest BCUT2D eigenvalue weighted by atomic mass is 10.1. The van der Waals surface area contributed by atoms with Gasteiger partial charge < -0.3 is 10.6 Å². The standard InChI is InChI=1S/C15H20N2O2/c1-3-4-5-9-16-14(18)11-17-15(19)13-8-6-7-12(2)10-13/h3-4,6-8,10H,5,9,11H2,1-2H3,(H,16,18)(H,17,19)/b4-3+. The molecule has 0 aliphatic heterocycles. The molecule has 4 heteroatoms. The van der Waals surface area contributed by atoms with Crippen LogP contribution in [0.15, 0.2) is 36.4 Å². The average Bonchev–Trinajstić information content (AvgIpc) is 2.41. The summed E-state index contributed by atoms with van der Waals surface area (Å²) in [6.45, 7) is 4.45. The van der Waals surface area contributed by atoms with Crippen molar-refractivity contribution in [3.63, 3.8) is 0 Å². The van der Waals surface area contributed by atoms with E-state index in [1.165, 1.54) is 0 Å². The molecule has 4 nitrogen and oxygen atoms in total. The van der Waals surface area contributed by atoms with Crippen LogP contribution in [0.2, 0.25) is 0 Å². The summed E-state index contributed by atoms with van der Waals surface area (Å²) in [5.74, 6) is -0.405. The van der Waals surface area contributed by atoms with E-state index in [0.29, 0.717) is 12.1 Å². The van der Waals surface area contributed by atoms with Gasteiger partial charge in [0.25, 0.3) is 5.91 Å². The third-order valence-electron chi connectivity index (χ3n) is 2.56. The van der Waals surface area contributed by atoms with Crippen LogP contribution in [0.1, 0.15) is 29.3 Å². The number of rotatable bonds is 6. The highest BCUT2D eigenvalue weighted by molar-refractivity contribution is 5.96.